The molecule has 0 amide bonds. The summed E-state index contributed by atoms with van der Waals surface area (Å²) < 4.78 is 7.37. The molecule has 0 N–H and O–H groups in total. The lowest BCUT2D eigenvalue weighted by atomic mass is 10.2. The van der Waals surface area contributed by atoms with Crippen LogP contribution < -0.4 is 4.74 Å². The molecule has 0 aliphatic heterocycles. The fraction of sp³-hybridized carbons (Fsp3) is 0.133. The van der Waals surface area contributed by atoms with Crippen molar-refractivity contribution in [2.45, 2.75) is 12.8 Å². The van der Waals surface area contributed by atoms with E-state index in [1.54, 1.807) is 17.2 Å². The Hall–Kier alpha value is -2.40. The number of para-hydroxylation sites is 1. The predicted molar refractivity (Wildman–Crippen MR) is 80.0 cm³/mol. The number of rotatable bonds is 4. The molecule has 0 unspecified atom stereocenters. The molecule has 3 rings (SSSR count). The van der Waals surface area contributed by atoms with Gasteiger partial charge in [-0.05, 0) is 19.1 Å². The average Bonchev–Trinajstić information content (AvgIpc) is 2.97. The summed E-state index contributed by atoms with van der Waals surface area (Å²) in [5.41, 5.74) is 2.57. The van der Waals surface area contributed by atoms with Gasteiger partial charge in [-0.15, -0.1) is 16.7 Å². The van der Waals surface area contributed by atoms with Crippen LogP contribution in [-0.2, 0) is 5.88 Å². The van der Waals surface area contributed by atoms with Gasteiger partial charge in [-0.3, -0.25) is 4.98 Å². The molecule has 0 saturated carbocycles. The van der Waals surface area contributed by atoms with Gasteiger partial charge in [-0.2, -0.15) is 4.98 Å². The number of nitrogens with zero attached hydrogens (tertiary/aromatic N) is 4. The summed E-state index contributed by atoms with van der Waals surface area (Å²) in [6.45, 7) is 1.89. The molecule has 6 heteroatoms. The van der Waals surface area contributed by atoms with Crippen LogP contribution in [0.5, 0.6) is 11.8 Å². The second-order valence-electron chi connectivity index (χ2n) is 4.48. The van der Waals surface area contributed by atoms with Gasteiger partial charge < -0.3 is 4.74 Å². The smallest absolute Gasteiger partial charge is 0.341 e. The quantitative estimate of drug-likeness (QED) is 0.692. The first kappa shape index (κ1) is 13.6. The Morgan fingerprint density at radius 2 is 2.00 bits per heavy atom. The van der Waals surface area contributed by atoms with E-state index in [1.807, 2.05) is 43.3 Å². The van der Waals surface area contributed by atoms with Gasteiger partial charge in [0.25, 0.3) is 0 Å². The van der Waals surface area contributed by atoms with Crippen molar-refractivity contribution < 1.29 is 4.74 Å². The first-order chi connectivity index (χ1) is 10.3. The highest BCUT2D eigenvalue weighted by Crippen LogP contribution is 2.24. The Kier molecular flexibility index (Phi) is 3.83. The van der Waals surface area contributed by atoms with Crippen molar-refractivity contribution in [3.63, 3.8) is 0 Å². The molecular formula is C15H13ClN4O. The lowest BCUT2D eigenvalue weighted by molar-refractivity contribution is 0.436. The molecule has 0 saturated heterocycles. The van der Waals surface area contributed by atoms with Gasteiger partial charge in [0.15, 0.2) is 0 Å². The van der Waals surface area contributed by atoms with Crippen LogP contribution in [0.2, 0.25) is 0 Å². The maximum absolute atomic E-state index is 5.89. The largest absolute Gasteiger partial charge is 0.423 e. The lowest BCUT2D eigenvalue weighted by Gasteiger charge is -2.06. The third-order valence-corrected chi connectivity index (χ3v) is 3.21. The number of pyridine rings is 1. The van der Waals surface area contributed by atoms with E-state index in [9.17, 15) is 0 Å². The van der Waals surface area contributed by atoms with Crippen LogP contribution in [0.15, 0.2) is 48.9 Å². The predicted octanol–water partition coefficient (Wildman–Crippen LogP) is 3.50. The van der Waals surface area contributed by atoms with E-state index in [1.165, 1.54) is 0 Å². The van der Waals surface area contributed by atoms with Crippen molar-refractivity contribution >= 4 is 11.6 Å². The van der Waals surface area contributed by atoms with Crippen molar-refractivity contribution in [1.29, 1.82) is 0 Å². The van der Waals surface area contributed by atoms with Crippen LogP contribution in [0.3, 0.4) is 0 Å². The number of aryl methyl sites for hydroxylation is 1. The Labute approximate surface area is 127 Å². The number of ether oxygens (including phenoxy) is 1. The maximum Gasteiger partial charge on any atom is 0.341 e. The molecule has 0 bridgehead atoms. The molecular weight excluding hydrogens is 288 g/mol. The van der Waals surface area contributed by atoms with E-state index in [2.05, 4.69) is 15.1 Å². The van der Waals surface area contributed by atoms with Crippen molar-refractivity contribution in [2.75, 3.05) is 0 Å². The minimum absolute atomic E-state index is 0.274. The van der Waals surface area contributed by atoms with Gasteiger partial charge in [-0.1, -0.05) is 18.2 Å². The maximum atomic E-state index is 5.89. The number of aromatic nitrogens is 4. The van der Waals surface area contributed by atoms with Crippen LogP contribution in [0, 0.1) is 6.92 Å². The molecule has 0 aliphatic carbocycles. The van der Waals surface area contributed by atoms with E-state index in [4.69, 9.17) is 16.3 Å². The van der Waals surface area contributed by atoms with E-state index >= 15 is 0 Å². The molecule has 0 radical (unpaired) electrons. The van der Waals surface area contributed by atoms with Crippen LogP contribution in [0.1, 0.15) is 11.3 Å². The first-order valence-corrected chi connectivity index (χ1v) is 6.96. The molecule has 106 valence electrons. The summed E-state index contributed by atoms with van der Waals surface area (Å²) in [6, 6.07) is 11.8. The molecule has 1 aromatic carbocycles. The summed E-state index contributed by atoms with van der Waals surface area (Å²) in [7, 11) is 0. The first-order valence-electron chi connectivity index (χ1n) is 6.42. The highest BCUT2D eigenvalue weighted by atomic mass is 35.5. The summed E-state index contributed by atoms with van der Waals surface area (Å²) in [4.78, 5) is 8.35. The molecule has 0 aliphatic rings. The van der Waals surface area contributed by atoms with Crippen molar-refractivity contribution in [3.05, 3.63) is 60.2 Å². The Morgan fingerprint density at radius 1 is 1.19 bits per heavy atom. The molecule has 0 fully saturated rings. The Bertz CT molecular complexity index is 742. The fourth-order valence-corrected chi connectivity index (χ4v) is 2.06. The highest BCUT2D eigenvalue weighted by Gasteiger charge is 2.09. The average molecular weight is 301 g/mol. The van der Waals surface area contributed by atoms with Crippen molar-refractivity contribution in [3.8, 4) is 17.4 Å². The summed E-state index contributed by atoms with van der Waals surface area (Å²) in [5, 5.41) is 4.30. The van der Waals surface area contributed by atoms with Gasteiger partial charge in [0.1, 0.15) is 12.1 Å². The topological polar surface area (TPSA) is 52.8 Å². The van der Waals surface area contributed by atoms with Gasteiger partial charge in [0.2, 0.25) is 0 Å². The zero-order valence-electron chi connectivity index (χ0n) is 11.4. The molecule has 21 heavy (non-hydrogen) atoms. The monoisotopic (exact) mass is 300 g/mol. The van der Waals surface area contributed by atoms with E-state index in [0.717, 1.165) is 16.9 Å². The molecule has 2 aromatic heterocycles. The third kappa shape index (κ3) is 3.03. The Balaban J connectivity index is 1.87. The summed E-state index contributed by atoms with van der Waals surface area (Å²) in [6.07, 6.45) is 3.31. The Morgan fingerprint density at radius 3 is 2.76 bits per heavy atom. The second-order valence-corrected chi connectivity index (χ2v) is 4.74. The standard InChI is InChI=1S/C15H13ClN4O/c1-11-7-14(12(8-16)9-17-11)21-15-18-10-20(19-15)13-5-3-2-4-6-13/h2-7,9-10H,8H2,1H3. The normalized spacial score (nSPS) is 10.6. The molecule has 5 nitrogen and oxygen atoms in total. The number of hydrogen-bond acceptors (Lipinski definition) is 4. The molecule has 0 spiro atoms. The fourth-order valence-electron chi connectivity index (χ4n) is 1.86. The second kappa shape index (κ2) is 5.93. The van der Waals surface area contributed by atoms with Gasteiger partial charge in [0.05, 0.1) is 11.6 Å². The molecule has 3 aromatic rings. The minimum atomic E-state index is 0.274. The number of benzene rings is 1. The van der Waals surface area contributed by atoms with Crippen LogP contribution in [-0.4, -0.2) is 19.7 Å². The summed E-state index contributed by atoms with van der Waals surface area (Å²) >= 11 is 5.89. The lowest BCUT2D eigenvalue weighted by Crippen LogP contribution is -1.96. The SMILES string of the molecule is Cc1cc(Oc2ncn(-c3ccccc3)n2)c(CCl)cn1. The van der Waals surface area contributed by atoms with Crippen LogP contribution >= 0.6 is 11.6 Å². The minimum Gasteiger partial charge on any atom is -0.423 e. The van der Waals surface area contributed by atoms with E-state index in [-0.39, 0.29) is 6.01 Å². The zero-order valence-corrected chi connectivity index (χ0v) is 12.2. The number of hydrogen-bond donors (Lipinski definition) is 0. The van der Waals surface area contributed by atoms with Gasteiger partial charge in [-0.25, -0.2) is 4.68 Å². The highest BCUT2D eigenvalue weighted by molar-refractivity contribution is 6.17. The van der Waals surface area contributed by atoms with Gasteiger partial charge in [0, 0.05) is 23.5 Å². The number of alkyl halides is 1. The van der Waals surface area contributed by atoms with Crippen molar-refractivity contribution in [2.24, 2.45) is 0 Å². The van der Waals surface area contributed by atoms with Crippen LogP contribution in [0.25, 0.3) is 5.69 Å². The number of halogens is 1. The van der Waals surface area contributed by atoms with Gasteiger partial charge >= 0.3 is 6.01 Å². The van der Waals surface area contributed by atoms with E-state index < -0.39 is 0 Å². The van der Waals surface area contributed by atoms with Crippen molar-refractivity contribution in [1.82, 2.24) is 19.7 Å². The van der Waals surface area contributed by atoms with E-state index in [0.29, 0.717) is 11.6 Å². The third-order valence-electron chi connectivity index (χ3n) is 2.92. The molecule has 2 heterocycles. The molecule has 0 atom stereocenters. The summed E-state index contributed by atoms with van der Waals surface area (Å²) in [5.74, 6) is 0.950. The van der Waals surface area contributed by atoms with Crippen LogP contribution in [0.4, 0.5) is 0 Å². The zero-order chi connectivity index (χ0) is 14.7.